The summed E-state index contributed by atoms with van der Waals surface area (Å²) < 4.78 is 12.8. The van der Waals surface area contributed by atoms with Crippen LogP contribution in [0.3, 0.4) is 0 Å². The highest BCUT2D eigenvalue weighted by Crippen LogP contribution is 2.42. The van der Waals surface area contributed by atoms with E-state index in [1.165, 1.54) is 5.69 Å². The average molecular weight is 662 g/mol. The molecule has 0 atom stereocenters. The first-order chi connectivity index (χ1) is 22.0. The Hall–Kier alpha value is -4.88. The molecule has 0 aliphatic carbocycles. The molecule has 6 rings (SSSR count). The normalized spacial score (nSPS) is 11.0. The molecule has 0 saturated heterocycles. The van der Waals surface area contributed by atoms with Gasteiger partial charge in [0, 0.05) is 48.4 Å². The summed E-state index contributed by atoms with van der Waals surface area (Å²) in [5, 5.41) is 8.97. The van der Waals surface area contributed by atoms with Gasteiger partial charge in [-0.25, -0.2) is 4.79 Å². The van der Waals surface area contributed by atoms with Gasteiger partial charge in [-0.05, 0) is 109 Å². The highest BCUT2D eigenvalue weighted by Gasteiger charge is 2.22. The van der Waals surface area contributed by atoms with Crippen molar-refractivity contribution in [3.63, 3.8) is 0 Å². The Morgan fingerprint density at radius 1 is 0.733 bits per heavy atom. The number of hydrogen-bond acceptors (Lipinski definition) is 6. The molecule has 0 radical (unpaired) electrons. The Labute approximate surface area is 271 Å². The average Bonchev–Trinajstić information content (AvgIpc) is 3.05. The number of halogens is 1. The van der Waals surface area contributed by atoms with E-state index in [9.17, 15) is 4.79 Å². The minimum absolute atomic E-state index is 0.328. The second kappa shape index (κ2) is 13.4. The van der Waals surface area contributed by atoms with E-state index >= 15 is 0 Å². The molecule has 7 heteroatoms. The van der Waals surface area contributed by atoms with Gasteiger partial charge in [0.05, 0.1) is 49.9 Å². The number of para-hydroxylation sites is 1. The first-order valence-electron chi connectivity index (χ1n) is 15.2. The van der Waals surface area contributed by atoms with Gasteiger partial charge in [0.1, 0.15) is 0 Å². The monoisotopic (exact) mass is 660 g/mol. The van der Waals surface area contributed by atoms with Gasteiger partial charge in [-0.3, -0.25) is 0 Å². The van der Waals surface area contributed by atoms with Crippen LogP contribution >= 0.6 is 15.9 Å². The lowest BCUT2D eigenvalue weighted by Crippen LogP contribution is -2.21. The Balaban J connectivity index is 1.45. The van der Waals surface area contributed by atoms with Crippen molar-refractivity contribution < 1.29 is 13.9 Å². The van der Waals surface area contributed by atoms with E-state index < -0.39 is 0 Å². The van der Waals surface area contributed by atoms with Gasteiger partial charge in [0.15, 0.2) is 11.2 Å². The van der Waals surface area contributed by atoms with Crippen LogP contribution in [0.5, 0.6) is 0 Å². The highest BCUT2D eigenvalue weighted by molar-refractivity contribution is 9.10. The third-order valence-corrected chi connectivity index (χ3v) is 8.48. The van der Waals surface area contributed by atoms with E-state index in [0.29, 0.717) is 12.2 Å². The molecule has 6 aromatic rings. The van der Waals surface area contributed by atoms with Crippen LogP contribution < -0.4 is 15.5 Å². The number of carbonyl (C=O) groups excluding carboxylic acids is 1. The fourth-order valence-electron chi connectivity index (χ4n) is 5.59. The van der Waals surface area contributed by atoms with E-state index in [1.54, 1.807) is 19.1 Å². The molecule has 0 aliphatic heterocycles. The SMILES string of the molecule is CCOC(=O)c1ccc(Nc2ccc3c(c2)oc2cc(Nc4ccccc4)ccc2[c+]3-c2ccc(N(CC)CC)cc2Br)cc1. The third kappa shape index (κ3) is 6.49. The fraction of sp³-hybridized carbons (Fsp3) is 0.158. The summed E-state index contributed by atoms with van der Waals surface area (Å²) in [5.41, 5.74) is 9.09. The lowest BCUT2D eigenvalue weighted by molar-refractivity contribution is 0.0526. The molecule has 0 amide bonds. The summed E-state index contributed by atoms with van der Waals surface area (Å²) in [4.78, 5) is 14.4. The molecule has 1 heterocycles. The number of hydrogen-bond donors (Lipinski definition) is 2. The summed E-state index contributed by atoms with van der Waals surface area (Å²) >= 11 is 3.91. The Kier molecular flexibility index (Phi) is 8.98. The van der Waals surface area contributed by atoms with Crippen molar-refractivity contribution in [2.75, 3.05) is 35.2 Å². The van der Waals surface area contributed by atoms with Crippen molar-refractivity contribution in [3.05, 3.63) is 119 Å². The van der Waals surface area contributed by atoms with E-state index in [4.69, 9.17) is 9.15 Å². The summed E-state index contributed by atoms with van der Waals surface area (Å²) in [6.45, 7) is 8.37. The number of nitrogens with one attached hydrogen (secondary N) is 2. The molecule has 45 heavy (non-hydrogen) atoms. The van der Waals surface area contributed by atoms with Crippen molar-refractivity contribution in [2.24, 2.45) is 0 Å². The van der Waals surface area contributed by atoms with Gasteiger partial charge >= 0.3 is 5.97 Å². The number of fused-ring (bicyclic) bond motifs is 2. The maximum Gasteiger partial charge on any atom is 0.338 e. The zero-order chi connectivity index (χ0) is 31.3. The second-order valence-corrected chi connectivity index (χ2v) is 11.5. The molecular formula is C38H35BrN3O3+. The maximum absolute atomic E-state index is 12.1. The molecule has 0 aliphatic rings. The standard InChI is InChI=1S/C38H34BrN3O3/c1-4-42(5-2)30-18-21-31(34(39)24-30)37-32-19-16-28(40-26-10-8-7-9-11-26)22-35(32)45-36-23-29(17-20-33(36)37)41-27-14-12-25(13-15-27)38(43)44-6-3/h7-24,40H,4-6H2,1-3H3/p+1. The molecular weight excluding hydrogens is 626 g/mol. The number of carbonyl (C=O) groups is 1. The molecule has 1 aromatic heterocycles. The zero-order valence-corrected chi connectivity index (χ0v) is 27.1. The third-order valence-electron chi connectivity index (χ3n) is 7.82. The molecule has 0 unspecified atom stereocenters. The van der Waals surface area contributed by atoms with Crippen LogP contribution in [0.15, 0.2) is 118 Å². The van der Waals surface area contributed by atoms with Gasteiger partial charge in [-0.15, -0.1) is 0 Å². The van der Waals surface area contributed by atoms with Gasteiger partial charge in [-0.1, -0.05) is 18.2 Å². The Morgan fingerprint density at radius 3 is 1.87 bits per heavy atom. The second-order valence-electron chi connectivity index (χ2n) is 10.6. The van der Waals surface area contributed by atoms with Crippen LogP contribution in [-0.2, 0) is 4.74 Å². The molecule has 0 fully saturated rings. The topological polar surface area (TPSA) is 66.7 Å². The first kappa shape index (κ1) is 30.2. The van der Waals surface area contributed by atoms with Crippen LogP contribution in [0, 0.1) is 0 Å². The number of ether oxygens (including phenoxy) is 1. The van der Waals surface area contributed by atoms with Crippen LogP contribution in [0.4, 0.5) is 28.4 Å². The lowest BCUT2D eigenvalue weighted by Gasteiger charge is -2.21. The van der Waals surface area contributed by atoms with Gasteiger partial charge in [0.25, 0.3) is 0 Å². The van der Waals surface area contributed by atoms with E-state index in [-0.39, 0.29) is 5.97 Å². The molecule has 0 bridgehead atoms. The minimum atomic E-state index is -0.328. The number of nitrogens with zero attached hydrogens (tertiary/aromatic N) is 1. The zero-order valence-electron chi connectivity index (χ0n) is 25.6. The fourth-order valence-corrected chi connectivity index (χ4v) is 6.15. The number of benzene rings is 5. The van der Waals surface area contributed by atoms with Crippen LogP contribution in [-0.4, -0.2) is 25.7 Å². The molecule has 0 spiro atoms. The van der Waals surface area contributed by atoms with Crippen molar-refractivity contribution in [2.45, 2.75) is 20.8 Å². The number of rotatable bonds is 10. The smallest absolute Gasteiger partial charge is 0.338 e. The van der Waals surface area contributed by atoms with Crippen molar-refractivity contribution in [3.8, 4) is 11.1 Å². The highest BCUT2D eigenvalue weighted by atomic mass is 79.9. The van der Waals surface area contributed by atoms with Gasteiger partial charge in [0.2, 0.25) is 0 Å². The van der Waals surface area contributed by atoms with Crippen LogP contribution in [0.25, 0.3) is 33.1 Å². The molecule has 2 N–H and O–H groups in total. The van der Waals surface area contributed by atoms with E-state index in [1.807, 2.05) is 48.5 Å². The van der Waals surface area contributed by atoms with Gasteiger partial charge in [-0.2, -0.15) is 0 Å². The number of esters is 1. The summed E-state index contributed by atoms with van der Waals surface area (Å²) in [6, 6.07) is 36.4. The Bertz CT molecular complexity index is 1970. The summed E-state index contributed by atoms with van der Waals surface area (Å²) in [6.07, 6.45) is 0. The summed E-state index contributed by atoms with van der Waals surface area (Å²) in [5.74, 6) is -0.328. The van der Waals surface area contributed by atoms with Crippen molar-refractivity contribution in [1.82, 2.24) is 0 Å². The first-order valence-corrected chi connectivity index (χ1v) is 16.0. The van der Waals surface area contributed by atoms with Gasteiger partial charge < -0.3 is 24.7 Å². The molecule has 6 nitrogen and oxygen atoms in total. The lowest BCUT2D eigenvalue weighted by atomic mass is 9.96. The van der Waals surface area contributed by atoms with Crippen molar-refractivity contribution >= 4 is 72.3 Å². The van der Waals surface area contributed by atoms with Crippen LogP contribution in [0.1, 0.15) is 31.1 Å². The minimum Gasteiger partial charge on any atom is -0.462 e. The molecule has 0 saturated carbocycles. The Morgan fingerprint density at radius 2 is 1.31 bits per heavy atom. The maximum atomic E-state index is 12.1. The van der Waals surface area contributed by atoms with E-state index in [0.717, 1.165) is 73.4 Å². The summed E-state index contributed by atoms with van der Waals surface area (Å²) in [7, 11) is 0. The quantitative estimate of drug-likeness (QED) is 0.0865. The predicted octanol–water partition coefficient (Wildman–Crippen LogP) is 10.8. The van der Waals surface area contributed by atoms with Crippen molar-refractivity contribution in [1.29, 1.82) is 0 Å². The molecule has 226 valence electrons. The largest absolute Gasteiger partial charge is 0.462 e. The number of anilines is 5. The molecule has 5 aromatic carbocycles. The predicted molar refractivity (Wildman–Crippen MR) is 190 cm³/mol. The van der Waals surface area contributed by atoms with E-state index in [2.05, 4.69) is 93.8 Å². The van der Waals surface area contributed by atoms with Crippen LogP contribution in [0.2, 0.25) is 0 Å².